The summed E-state index contributed by atoms with van der Waals surface area (Å²) in [5, 5.41) is 3.09. The molecule has 0 bridgehead atoms. The number of hydrogen-bond acceptors (Lipinski definition) is 4. The summed E-state index contributed by atoms with van der Waals surface area (Å²) in [6.07, 6.45) is 7.68. The molecule has 1 atom stereocenters. The van der Waals surface area contributed by atoms with Gasteiger partial charge in [0.15, 0.2) is 0 Å². The van der Waals surface area contributed by atoms with Gasteiger partial charge in [-0.1, -0.05) is 19.3 Å². The van der Waals surface area contributed by atoms with E-state index >= 15 is 0 Å². The van der Waals surface area contributed by atoms with Gasteiger partial charge in [-0.25, -0.2) is 0 Å². The van der Waals surface area contributed by atoms with E-state index in [1.165, 1.54) is 39.2 Å². The Balaban J connectivity index is 2.34. The highest BCUT2D eigenvalue weighted by Crippen LogP contribution is 2.24. The zero-order chi connectivity index (χ0) is 14.3. The number of nitrogens with zero attached hydrogens (tertiary/aromatic N) is 1. The van der Waals surface area contributed by atoms with Gasteiger partial charge in [0.25, 0.3) is 0 Å². The normalized spacial score (nSPS) is 20.3. The monoisotopic (exact) mass is 270 g/mol. The fourth-order valence-corrected chi connectivity index (χ4v) is 2.87. The van der Waals surface area contributed by atoms with E-state index in [2.05, 4.69) is 17.3 Å². The molecule has 1 aliphatic rings. The third-order valence-corrected chi connectivity index (χ3v) is 4.48. The highest BCUT2D eigenvalue weighted by molar-refractivity contribution is 5.80. The average Bonchev–Trinajstić information content (AvgIpc) is 2.45. The van der Waals surface area contributed by atoms with Gasteiger partial charge in [0.1, 0.15) is 5.54 Å². The molecule has 0 saturated heterocycles. The van der Waals surface area contributed by atoms with Crippen LogP contribution in [0.2, 0.25) is 0 Å². The number of rotatable bonds is 7. The van der Waals surface area contributed by atoms with E-state index < -0.39 is 5.54 Å². The van der Waals surface area contributed by atoms with E-state index in [9.17, 15) is 4.79 Å². The summed E-state index contributed by atoms with van der Waals surface area (Å²) < 4.78 is 4.87. The largest absolute Gasteiger partial charge is 0.468 e. The highest BCUT2D eigenvalue weighted by Gasteiger charge is 2.32. The van der Waals surface area contributed by atoms with Crippen molar-refractivity contribution < 1.29 is 9.53 Å². The molecule has 1 saturated carbocycles. The summed E-state index contributed by atoms with van der Waals surface area (Å²) in [7, 11) is 5.42. The van der Waals surface area contributed by atoms with E-state index in [4.69, 9.17) is 4.74 Å². The molecule has 0 amide bonds. The fourth-order valence-electron chi connectivity index (χ4n) is 2.87. The van der Waals surface area contributed by atoms with Crippen molar-refractivity contribution >= 4 is 5.97 Å². The average molecular weight is 270 g/mol. The minimum absolute atomic E-state index is 0.180. The maximum absolute atomic E-state index is 11.8. The van der Waals surface area contributed by atoms with Crippen LogP contribution in [-0.4, -0.2) is 50.7 Å². The third-order valence-electron chi connectivity index (χ3n) is 4.48. The van der Waals surface area contributed by atoms with Crippen LogP contribution in [-0.2, 0) is 9.53 Å². The number of hydrogen-bond donors (Lipinski definition) is 1. The molecule has 0 aliphatic heterocycles. The van der Waals surface area contributed by atoms with Crippen molar-refractivity contribution in [3.63, 3.8) is 0 Å². The molecule has 112 valence electrons. The summed E-state index contributed by atoms with van der Waals surface area (Å²) in [4.78, 5) is 14.1. The molecule has 0 aromatic rings. The van der Waals surface area contributed by atoms with Crippen LogP contribution in [0.1, 0.15) is 45.4 Å². The van der Waals surface area contributed by atoms with Crippen LogP contribution in [0.15, 0.2) is 0 Å². The van der Waals surface area contributed by atoms with Crippen LogP contribution in [0.3, 0.4) is 0 Å². The van der Waals surface area contributed by atoms with Crippen molar-refractivity contribution in [2.75, 3.05) is 34.3 Å². The van der Waals surface area contributed by atoms with Crippen molar-refractivity contribution in [3.05, 3.63) is 0 Å². The predicted molar refractivity (Wildman–Crippen MR) is 78.2 cm³/mol. The summed E-state index contributed by atoms with van der Waals surface area (Å²) in [5.74, 6) is 0.666. The van der Waals surface area contributed by atoms with Gasteiger partial charge in [-0.3, -0.25) is 4.79 Å². The number of ether oxygens (including phenoxy) is 1. The van der Waals surface area contributed by atoms with Gasteiger partial charge < -0.3 is 15.0 Å². The molecule has 1 aliphatic carbocycles. The number of carbonyl (C=O) groups excluding carboxylic acids is 1. The fraction of sp³-hybridized carbons (Fsp3) is 0.933. The molecular weight excluding hydrogens is 240 g/mol. The number of likely N-dealkylation sites (N-methyl/N-ethyl adjacent to an activating group) is 1. The highest BCUT2D eigenvalue weighted by atomic mass is 16.5. The van der Waals surface area contributed by atoms with Crippen LogP contribution < -0.4 is 5.32 Å². The zero-order valence-electron chi connectivity index (χ0n) is 13.0. The lowest BCUT2D eigenvalue weighted by atomic mass is 9.89. The van der Waals surface area contributed by atoms with Gasteiger partial charge >= 0.3 is 5.97 Å². The lowest BCUT2D eigenvalue weighted by molar-refractivity contribution is -0.148. The van der Waals surface area contributed by atoms with Crippen molar-refractivity contribution in [2.45, 2.75) is 51.0 Å². The Morgan fingerprint density at radius 3 is 2.53 bits per heavy atom. The first kappa shape index (κ1) is 16.4. The zero-order valence-corrected chi connectivity index (χ0v) is 13.0. The van der Waals surface area contributed by atoms with E-state index in [1.807, 2.05) is 14.0 Å². The first-order valence-electron chi connectivity index (χ1n) is 7.47. The molecular formula is C15H30N2O2. The molecule has 19 heavy (non-hydrogen) atoms. The van der Waals surface area contributed by atoms with E-state index in [0.29, 0.717) is 0 Å². The smallest absolute Gasteiger partial charge is 0.325 e. The topological polar surface area (TPSA) is 41.6 Å². The second-order valence-electron chi connectivity index (χ2n) is 6.09. The van der Waals surface area contributed by atoms with Gasteiger partial charge in [-0.15, -0.1) is 0 Å². The summed E-state index contributed by atoms with van der Waals surface area (Å²) in [6, 6.07) is 0. The molecule has 0 spiro atoms. The number of esters is 1. The Labute approximate surface area is 117 Å². The lowest BCUT2D eigenvalue weighted by Gasteiger charge is -2.31. The Kier molecular flexibility index (Phi) is 6.80. The molecule has 0 aromatic carbocycles. The molecule has 1 rings (SSSR count). The molecule has 0 heterocycles. The second kappa shape index (κ2) is 7.85. The standard InChI is InChI=1S/C15H30N2O2/c1-15(16-2,14(18)19-4)10-11-17(3)12-13-8-6-5-7-9-13/h13,16H,5-12H2,1-4H3. The van der Waals surface area contributed by atoms with Gasteiger partial charge in [0, 0.05) is 13.1 Å². The maximum atomic E-state index is 11.8. The first-order chi connectivity index (χ1) is 9.01. The minimum atomic E-state index is -0.574. The van der Waals surface area contributed by atoms with E-state index in [0.717, 1.165) is 25.4 Å². The van der Waals surface area contributed by atoms with Crippen LogP contribution in [0.25, 0.3) is 0 Å². The van der Waals surface area contributed by atoms with Crippen LogP contribution in [0, 0.1) is 5.92 Å². The van der Waals surface area contributed by atoms with Crippen molar-refractivity contribution in [3.8, 4) is 0 Å². The van der Waals surface area contributed by atoms with Crippen LogP contribution >= 0.6 is 0 Å². The Bertz CT molecular complexity index is 277. The van der Waals surface area contributed by atoms with Crippen molar-refractivity contribution in [2.24, 2.45) is 5.92 Å². The molecule has 0 radical (unpaired) electrons. The summed E-state index contributed by atoms with van der Waals surface area (Å²) in [5.41, 5.74) is -0.574. The molecule has 1 unspecified atom stereocenters. The second-order valence-corrected chi connectivity index (χ2v) is 6.09. The molecule has 1 N–H and O–H groups in total. The quantitative estimate of drug-likeness (QED) is 0.719. The minimum Gasteiger partial charge on any atom is -0.468 e. The van der Waals surface area contributed by atoms with Crippen LogP contribution in [0.4, 0.5) is 0 Å². The maximum Gasteiger partial charge on any atom is 0.325 e. The van der Waals surface area contributed by atoms with Crippen molar-refractivity contribution in [1.29, 1.82) is 0 Å². The molecule has 4 nitrogen and oxygen atoms in total. The van der Waals surface area contributed by atoms with Crippen molar-refractivity contribution in [1.82, 2.24) is 10.2 Å². The van der Waals surface area contributed by atoms with Gasteiger partial charge in [-0.05, 0) is 46.2 Å². The Hall–Kier alpha value is -0.610. The van der Waals surface area contributed by atoms with Gasteiger partial charge in [-0.2, -0.15) is 0 Å². The van der Waals surface area contributed by atoms with Crippen LogP contribution in [0.5, 0.6) is 0 Å². The molecule has 0 aromatic heterocycles. The van der Waals surface area contributed by atoms with E-state index in [1.54, 1.807) is 0 Å². The lowest BCUT2D eigenvalue weighted by Crippen LogP contribution is -2.50. The van der Waals surface area contributed by atoms with E-state index in [-0.39, 0.29) is 5.97 Å². The number of nitrogens with one attached hydrogen (secondary N) is 1. The summed E-state index contributed by atoms with van der Waals surface area (Å²) in [6.45, 7) is 3.98. The third kappa shape index (κ3) is 5.11. The number of methoxy groups -OCH3 is 1. The molecule has 4 heteroatoms. The number of carbonyl (C=O) groups is 1. The SMILES string of the molecule is CNC(C)(CCN(C)CC1CCCCC1)C(=O)OC. The molecule has 1 fully saturated rings. The van der Waals surface area contributed by atoms with Gasteiger partial charge in [0.2, 0.25) is 0 Å². The first-order valence-corrected chi connectivity index (χ1v) is 7.47. The Morgan fingerprint density at radius 1 is 1.37 bits per heavy atom. The Morgan fingerprint density at radius 2 is 2.00 bits per heavy atom. The summed E-state index contributed by atoms with van der Waals surface area (Å²) >= 11 is 0. The van der Waals surface area contributed by atoms with Gasteiger partial charge in [0.05, 0.1) is 7.11 Å². The predicted octanol–water partition coefficient (Wildman–Crippen LogP) is 2.04.